The number of hydrogen-bond acceptors (Lipinski definition) is 5. The topological polar surface area (TPSA) is 72.2 Å². The minimum Gasteiger partial charge on any atom is -0.355 e. The lowest BCUT2D eigenvalue weighted by atomic mass is 10.1. The SMILES string of the molecule is Cc1nnc2sc(CCNC(=O)Cc3ccccc3)nn12. The molecule has 0 saturated carbocycles. The van der Waals surface area contributed by atoms with Crippen LogP contribution in [0.2, 0.25) is 0 Å². The quantitative estimate of drug-likeness (QED) is 0.773. The van der Waals surface area contributed by atoms with Gasteiger partial charge in [-0.3, -0.25) is 4.79 Å². The van der Waals surface area contributed by atoms with E-state index in [1.54, 1.807) is 4.52 Å². The maximum Gasteiger partial charge on any atom is 0.234 e. The lowest BCUT2D eigenvalue weighted by Crippen LogP contribution is -2.27. The van der Waals surface area contributed by atoms with E-state index in [1.807, 2.05) is 37.3 Å². The second kappa shape index (κ2) is 6.01. The van der Waals surface area contributed by atoms with Gasteiger partial charge in [0.1, 0.15) is 5.01 Å². The third-order valence-corrected chi connectivity index (χ3v) is 4.02. The third-order valence-electron chi connectivity index (χ3n) is 3.06. The smallest absolute Gasteiger partial charge is 0.234 e. The Kier molecular flexibility index (Phi) is 3.92. The molecule has 21 heavy (non-hydrogen) atoms. The summed E-state index contributed by atoms with van der Waals surface area (Å²) in [6.45, 7) is 2.44. The van der Waals surface area contributed by atoms with E-state index >= 15 is 0 Å². The van der Waals surface area contributed by atoms with Gasteiger partial charge < -0.3 is 5.32 Å². The molecule has 0 bridgehead atoms. The van der Waals surface area contributed by atoms with E-state index in [9.17, 15) is 4.79 Å². The number of hydrogen-bond donors (Lipinski definition) is 1. The molecule has 7 heteroatoms. The molecule has 1 N–H and O–H groups in total. The summed E-state index contributed by atoms with van der Waals surface area (Å²) in [5.41, 5.74) is 1.02. The van der Waals surface area contributed by atoms with Crippen LogP contribution in [0.4, 0.5) is 0 Å². The fraction of sp³-hybridized carbons (Fsp3) is 0.286. The predicted molar refractivity (Wildman–Crippen MR) is 80.3 cm³/mol. The predicted octanol–water partition coefficient (Wildman–Crippen LogP) is 1.40. The van der Waals surface area contributed by atoms with Crippen LogP contribution in [0.15, 0.2) is 30.3 Å². The molecule has 0 fully saturated rings. The van der Waals surface area contributed by atoms with Crippen LogP contribution in [-0.4, -0.2) is 32.3 Å². The van der Waals surface area contributed by atoms with E-state index in [-0.39, 0.29) is 5.91 Å². The molecular formula is C14H15N5OS. The maximum atomic E-state index is 11.8. The van der Waals surface area contributed by atoms with Crippen molar-refractivity contribution < 1.29 is 4.79 Å². The van der Waals surface area contributed by atoms with Gasteiger partial charge in [0.15, 0.2) is 5.82 Å². The van der Waals surface area contributed by atoms with Crippen molar-refractivity contribution in [1.29, 1.82) is 0 Å². The Morgan fingerprint density at radius 3 is 2.86 bits per heavy atom. The highest BCUT2D eigenvalue weighted by molar-refractivity contribution is 7.16. The lowest BCUT2D eigenvalue weighted by Gasteiger charge is -2.03. The standard InChI is InChI=1S/C14H15N5OS/c1-10-16-17-14-19(10)18-13(21-14)7-8-15-12(20)9-11-5-3-2-4-6-11/h2-6H,7-9H2,1H3,(H,15,20). The number of nitrogens with one attached hydrogen (secondary N) is 1. The van der Waals surface area contributed by atoms with Gasteiger partial charge in [-0.1, -0.05) is 41.7 Å². The van der Waals surface area contributed by atoms with Gasteiger partial charge in [0.25, 0.3) is 0 Å². The zero-order valence-electron chi connectivity index (χ0n) is 11.6. The summed E-state index contributed by atoms with van der Waals surface area (Å²) >= 11 is 1.50. The summed E-state index contributed by atoms with van der Waals surface area (Å²) in [6.07, 6.45) is 1.11. The molecule has 1 amide bonds. The number of aromatic nitrogens is 4. The van der Waals surface area contributed by atoms with Gasteiger partial charge >= 0.3 is 0 Å². The first-order valence-corrected chi connectivity index (χ1v) is 7.52. The first-order chi connectivity index (χ1) is 10.2. The van der Waals surface area contributed by atoms with Crippen LogP contribution in [0.25, 0.3) is 4.96 Å². The average molecular weight is 301 g/mol. The summed E-state index contributed by atoms with van der Waals surface area (Å²) in [5, 5.41) is 16.2. The van der Waals surface area contributed by atoms with Crippen LogP contribution in [0.1, 0.15) is 16.4 Å². The number of rotatable bonds is 5. The number of fused-ring (bicyclic) bond motifs is 1. The molecule has 0 aliphatic heterocycles. The molecule has 108 valence electrons. The van der Waals surface area contributed by atoms with Crippen LogP contribution in [0.3, 0.4) is 0 Å². The van der Waals surface area contributed by atoms with Crippen LogP contribution in [0.5, 0.6) is 0 Å². The van der Waals surface area contributed by atoms with Gasteiger partial charge in [-0.15, -0.1) is 10.2 Å². The summed E-state index contributed by atoms with van der Waals surface area (Å²) in [7, 11) is 0. The van der Waals surface area contributed by atoms with E-state index in [0.717, 1.165) is 21.4 Å². The van der Waals surface area contributed by atoms with E-state index in [4.69, 9.17) is 0 Å². The first-order valence-electron chi connectivity index (χ1n) is 6.71. The van der Waals surface area contributed by atoms with Crippen molar-refractivity contribution in [3.63, 3.8) is 0 Å². The van der Waals surface area contributed by atoms with Crippen LogP contribution >= 0.6 is 11.3 Å². The molecule has 0 atom stereocenters. The number of carbonyl (C=O) groups excluding carboxylic acids is 1. The van der Waals surface area contributed by atoms with Crippen molar-refractivity contribution in [3.05, 3.63) is 46.7 Å². The zero-order valence-corrected chi connectivity index (χ0v) is 12.4. The van der Waals surface area contributed by atoms with Crippen molar-refractivity contribution in [3.8, 4) is 0 Å². The Bertz CT molecular complexity index is 749. The minimum absolute atomic E-state index is 0.0281. The van der Waals surface area contributed by atoms with Crippen molar-refractivity contribution in [2.24, 2.45) is 0 Å². The van der Waals surface area contributed by atoms with Crippen LogP contribution < -0.4 is 5.32 Å². The van der Waals surface area contributed by atoms with Gasteiger partial charge in [0.2, 0.25) is 10.9 Å². The van der Waals surface area contributed by atoms with Crippen molar-refractivity contribution in [2.45, 2.75) is 19.8 Å². The van der Waals surface area contributed by atoms with Gasteiger partial charge in [0.05, 0.1) is 6.42 Å². The first kappa shape index (κ1) is 13.7. The number of carbonyl (C=O) groups is 1. The molecule has 0 saturated heterocycles. The van der Waals surface area contributed by atoms with Crippen molar-refractivity contribution in [1.82, 2.24) is 25.1 Å². The third kappa shape index (κ3) is 3.25. The lowest BCUT2D eigenvalue weighted by molar-refractivity contribution is -0.120. The monoisotopic (exact) mass is 301 g/mol. The van der Waals surface area contributed by atoms with Gasteiger partial charge in [-0.05, 0) is 12.5 Å². The molecule has 0 radical (unpaired) electrons. The van der Waals surface area contributed by atoms with Crippen molar-refractivity contribution >= 4 is 22.2 Å². The normalized spacial score (nSPS) is 10.9. The number of benzene rings is 1. The Hall–Kier alpha value is -2.28. The number of aryl methyl sites for hydroxylation is 1. The van der Waals surface area contributed by atoms with E-state index in [2.05, 4.69) is 20.6 Å². The van der Waals surface area contributed by atoms with Gasteiger partial charge in [0, 0.05) is 13.0 Å². The van der Waals surface area contributed by atoms with Crippen molar-refractivity contribution in [2.75, 3.05) is 6.54 Å². The molecule has 2 heterocycles. The summed E-state index contributed by atoms with van der Waals surface area (Å²) < 4.78 is 1.73. The summed E-state index contributed by atoms with van der Waals surface area (Å²) in [6, 6.07) is 9.71. The van der Waals surface area contributed by atoms with Crippen LogP contribution in [-0.2, 0) is 17.6 Å². The Morgan fingerprint density at radius 2 is 2.10 bits per heavy atom. The largest absolute Gasteiger partial charge is 0.355 e. The van der Waals surface area contributed by atoms with E-state index in [1.165, 1.54) is 11.3 Å². The fourth-order valence-corrected chi connectivity index (χ4v) is 2.89. The van der Waals surface area contributed by atoms with E-state index < -0.39 is 0 Å². The molecular weight excluding hydrogens is 286 g/mol. The Balaban J connectivity index is 1.50. The summed E-state index contributed by atoms with van der Waals surface area (Å²) in [5.74, 6) is 0.806. The molecule has 1 aromatic carbocycles. The second-order valence-electron chi connectivity index (χ2n) is 4.70. The minimum atomic E-state index is 0.0281. The van der Waals surface area contributed by atoms with E-state index in [0.29, 0.717) is 19.4 Å². The Labute approximate surface area is 125 Å². The van der Waals surface area contributed by atoms with Gasteiger partial charge in [-0.25, -0.2) is 0 Å². The molecule has 0 aliphatic carbocycles. The number of nitrogens with zero attached hydrogens (tertiary/aromatic N) is 4. The molecule has 2 aromatic heterocycles. The maximum absolute atomic E-state index is 11.8. The molecule has 6 nitrogen and oxygen atoms in total. The fourth-order valence-electron chi connectivity index (χ4n) is 2.01. The summed E-state index contributed by atoms with van der Waals surface area (Å²) in [4.78, 5) is 12.6. The molecule has 3 rings (SSSR count). The molecule has 3 aromatic rings. The highest BCUT2D eigenvalue weighted by atomic mass is 32.1. The van der Waals surface area contributed by atoms with Gasteiger partial charge in [-0.2, -0.15) is 9.61 Å². The molecule has 0 spiro atoms. The average Bonchev–Trinajstić information content (AvgIpc) is 3.02. The molecule has 0 unspecified atom stereocenters. The number of amides is 1. The zero-order chi connectivity index (χ0) is 14.7. The Morgan fingerprint density at radius 1 is 1.29 bits per heavy atom. The molecule has 0 aliphatic rings. The highest BCUT2D eigenvalue weighted by Crippen LogP contribution is 2.13. The van der Waals surface area contributed by atoms with Crippen LogP contribution in [0, 0.1) is 6.92 Å². The highest BCUT2D eigenvalue weighted by Gasteiger charge is 2.09. The second-order valence-corrected chi connectivity index (χ2v) is 5.74.